The van der Waals surface area contributed by atoms with E-state index in [0.717, 1.165) is 28.5 Å². The van der Waals surface area contributed by atoms with E-state index < -0.39 is 0 Å². The lowest BCUT2D eigenvalue weighted by Gasteiger charge is -2.26. The fraction of sp³-hybridized carbons (Fsp3) is 0.310. The molecule has 0 aliphatic heterocycles. The van der Waals surface area contributed by atoms with Gasteiger partial charge < -0.3 is 35.6 Å². The number of hydrogen-bond acceptors (Lipinski definition) is 8. The summed E-state index contributed by atoms with van der Waals surface area (Å²) in [4.78, 5) is 29.5. The van der Waals surface area contributed by atoms with Crippen LogP contribution in [0.15, 0.2) is 48.7 Å². The number of nitrogen functional groups attached to an aromatic ring is 1. The molecule has 2 heterocycles. The van der Waals surface area contributed by atoms with Gasteiger partial charge in [-0.25, -0.2) is 4.98 Å². The monoisotopic (exact) mass is 534 g/mol. The van der Waals surface area contributed by atoms with Crippen LogP contribution in [-0.4, -0.2) is 41.4 Å². The van der Waals surface area contributed by atoms with Gasteiger partial charge in [0.2, 0.25) is 11.8 Å². The normalized spacial score (nSPS) is 10.6. The lowest BCUT2D eigenvalue weighted by atomic mass is 9.81. The van der Waals surface area contributed by atoms with Crippen molar-refractivity contribution in [1.82, 2.24) is 14.5 Å². The Morgan fingerprint density at radius 2 is 1.85 bits per heavy atom. The van der Waals surface area contributed by atoms with Gasteiger partial charge in [-0.2, -0.15) is 4.98 Å². The Bertz CT molecular complexity index is 1430. The maximum atomic E-state index is 13.5. The molecular formula is C29H38N6O4. The van der Waals surface area contributed by atoms with E-state index in [9.17, 15) is 4.79 Å². The molecule has 0 radical (unpaired) electrons. The molecule has 0 aliphatic carbocycles. The zero-order valence-corrected chi connectivity index (χ0v) is 23.7. The van der Waals surface area contributed by atoms with Crippen LogP contribution in [0, 0.1) is 6.92 Å². The summed E-state index contributed by atoms with van der Waals surface area (Å²) in [5.41, 5.74) is 14.2. The molecule has 4 rings (SSSR count). The van der Waals surface area contributed by atoms with Crippen LogP contribution in [0.5, 0.6) is 17.4 Å². The summed E-state index contributed by atoms with van der Waals surface area (Å²) in [5, 5.41) is 3.93. The first-order chi connectivity index (χ1) is 18.6. The second-order valence-electron chi connectivity index (χ2n) is 9.20. The topological polar surface area (TPSA) is 147 Å². The summed E-state index contributed by atoms with van der Waals surface area (Å²) >= 11 is 0. The second kappa shape index (κ2) is 13.4. The molecule has 208 valence electrons. The lowest BCUT2D eigenvalue weighted by molar-refractivity contribution is -0.0980. The number of ether oxygens (including phenoxy) is 2. The zero-order valence-electron chi connectivity index (χ0n) is 23.7. The average molecular weight is 535 g/mol. The van der Waals surface area contributed by atoms with Crippen LogP contribution < -0.4 is 26.3 Å². The number of hydrogen-bond donors (Lipinski definition) is 3. The van der Waals surface area contributed by atoms with Crippen molar-refractivity contribution in [3.63, 3.8) is 0 Å². The Morgan fingerprint density at radius 1 is 1.15 bits per heavy atom. The standard InChI is InChI=1S/C27H31N5O3.CH5N.CH2O/c1-7-27(3,4)18-13-16(2)24(34-6)19(15-18)30-25(33)20-14-17-9-8-10-21(23(17)32(20)5)35-22-11-12-29-26(28)31-22;2*1-2/h8-15H,7H2,1-6H3,(H,30,33)(H2,28,29,31);2H2,1H3;1H2. The van der Waals surface area contributed by atoms with E-state index in [4.69, 9.17) is 20.0 Å². The Labute approximate surface area is 229 Å². The Hall–Kier alpha value is -4.44. The summed E-state index contributed by atoms with van der Waals surface area (Å²) in [7, 11) is 4.94. The molecule has 0 aliphatic rings. The maximum Gasteiger partial charge on any atom is 0.272 e. The number of carbonyl (C=O) groups is 2. The number of aromatic nitrogens is 3. The van der Waals surface area contributed by atoms with Crippen molar-refractivity contribution in [2.24, 2.45) is 12.8 Å². The van der Waals surface area contributed by atoms with E-state index in [2.05, 4.69) is 47.9 Å². The quantitative estimate of drug-likeness (QED) is 0.300. The van der Waals surface area contributed by atoms with Gasteiger partial charge >= 0.3 is 0 Å². The molecule has 0 bridgehead atoms. The minimum atomic E-state index is -0.245. The van der Waals surface area contributed by atoms with Gasteiger partial charge in [-0.15, -0.1) is 0 Å². The molecule has 1 amide bonds. The number of fused-ring (bicyclic) bond motifs is 1. The lowest BCUT2D eigenvalue weighted by Crippen LogP contribution is -2.19. The number of aryl methyl sites for hydroxylation is 2. The fourth-order valence-electron chi connectivity index (χ4n) is 4.12. The highest BCUT2D eigenvalue weighted by Gasteiger charge is 2.23. The molecule has 2 aromatic carbocycles. The molecule has 39 heavy (non-hydrogen) atoms. The number of methoxy groups -OCH3 is 1. The highest BCUT2D eigenvalue weighted by Crippen LogP contribution is 2.37. The predicted molar refractivity (Wildman–Crippen MR) is 156 cm³/mol. The smallest absolute Gasteiger partial charge is 0.272 e. The van der Waals surface area contributed by atoms with Crippen LogP contribution in [0.1, 0.15) is 48.8 Å². The number of para-hydroxylation sites is 1. The summed E-state index contributed by atoms with van der Waals surface area (Å²) in [6.45, 7) is 10.5. The van der Waals surface area contributed by atoms with E-state index in [1.165, 1.54) is 13.2 Å². The first-order valence-corrected chi connectivity index (χ1v) is 12.4. The number of nitrogens with zero attached hydrogens (tertiary/aromatic N) is 3. The number of nitrogens with one attached hydrogen (secondary N) is 1. The number of benzene rings is 2. The molecule has 0 saturated carbocycles. The van der Waals surface area contributed by atoms with Crippen molar-refractivity contribution >= 4 is 35.2 Å². The number of anilines is 2. The molecule has 5 N–H and O–H groups in total. The SMILES string of the molecule is C=O.CCC(C)(C)c1cc(C)c(OC)c(NC(=O)c2cc3cccc(Oc4ccnc(N)n4)c3n2C)c1.CN. The first kappa shape index (κ1) is 30.8. The van der Waals surface area contributed by atoms with Crippen LogP contribution in [0.3, 0.4) is 0 Å². The third kappa shape index (κ3) is 6.71. The van der Waals surface area contributed by atoms with Crippen LogP contribution in [0.4, 0.5) is 11.6 Å². The van der Waals surface area contributed by atoms with Gasteiger partial charge in [0, 0.05) is 24.7 Å². The summed E-state index contributed by atoms with van der Waals surface area (Å²) < 4.78 is 13.4. The molecule has 2 aromatic heterocycles. The minimum Gasteiger partial charge on any atom is -0.494 e. The van der Waals surface area contributed by atoms with Gasteiger partial charge in [-0.1, -0.05) is 39.0 Å². The average Bonchev–Trinajstić information content (AvgIpc) is 3.28. The number of nitrogens with two attached hydrogens (primary N) is 2. The van der Waals surface area contributed by atoms with Crippen molar-refractivity contribution in [3.05, 3.63) is 65.5 Å². The second-order valence-corrected chi connectivity index (χ2v) is 9.20. The highest BCUT2D eigenvalue weighted by molar-refractivity contribution is 6.07. The van der Waals surface area contributed by atoms with Crippen LogP contribution in [-0.2, 0) is 17.3 Å². The van der Waals surface area contributed by atoms with E-state index in [0.29, 0.717) is 28.8 Å². The molecule has 0 atom stereocenters. The number of amides is 1. The zero-order chi connectivity index (χ0) is 29.3. The Morgan fingerprint density at radius 3 is 2.46 bits per heavy atom. The number of rotatable bonds is 7. The van der Waals surface area contributed by atoms with Crippen molar-refractivity contribution < 1.29 is 19.1 Å². The number of carbonyl (C=O) groups excluding carboxylic acids is 2. The van der Waals surface area contributed by atoms with Gasteiger partial charge in [0.15, 0.2) is 5.75 Å². The maximum absolute atomic E-state index is 13.5. The van der Waals surface area contributed by atoms with E-state index >= 15 is 0 Å². The van der Waals surface area contributed by atoms with Crippen LogP contribution in [0.25, 0.3) is 10.9 Å². The van der Waals surface area contributed by atoms with Crippen molar-refractivity contribution in [2.75, 3.05) is 25.2 Å². The van der Waals surface area contributed by atoms with Crippen molar-refractivity contribution in [3.8, 4) is 17.4 Å². The molecule has 10 heteroatoms. The van der Waals surface area contributed by atoms with Crippen molar-refractivity contribution in [2.45, 2.75) is 39.5 Å². The predicted octanol–water partition coefficient (Wildman–Crippen LogP) is 4.99. The summed E-state index contributed by atoms with van der Waals surface area (Å²) in [6, 6.07) is 13.2. The van der Waals surface area contributed by atoms with Gasteiger partial charge in [0.05, 0.1) is 18.3 Å². The highest BCUT2D eigenvalue weighted by atomic mass is 16.5. The largest absolute Gasteiger partial charge is 0.494 e. The third-order valence-electron chi connectivity index (χ3n) is 6.51. The Balaban J connectivity index is 0.00000127. The molecule has 0 spiro atoms. The third-order valence-corrected chi connectivity index (χ3v) is 6.51. The molecule has 4 aromatic rings. The molecule has 0 unspecified atom stereocenters. The van der Waals surface area contributed by atoms with Crippen LogP contribution in [0.2, 0.25) is 0 Å². The first-order valence-electron chi connectivity index (χ1n) is 12.4. The van der Waals surface area contributed by atoms with Crippen molar-refractivity contribution in [1.29, 1.82) is 0 Å². The molecular weight excluding hydrogens is 496 g/mol. The van der Waals surface area contributed by atoms with E-state index in [1.807, 2.05) is 55.7 Å². The summed E-state index contributed by atoms with van der Waals surface area (Å²) in [5.74, 6) is 1.41. The van der Waals surface area contributed by atoms with E-state index in [-0.39, 0.29) is 17.3 Å². The molecule has 0 fully saturated rings. The van der Waals surface area contributed by atoms with Gasteiger partial charge in [0.1, 0.15) is 18.2 Å². The molecule has 10 nitrogen and oxygen atoms in total. The van der Waals surface area contributed by atoms with E-state index in [1.54, 1.807) is 13.2 Å². The van der Waals surface area contributed by atoms with Crippen LogP contribution >= 0.6 is 0 Å². The van der Waals surface area contributed by atoms with Gasteiger partial charge in [-0.05, 0) is 55.1 Å². The van der Waals surface area contributed by atoms with Gasteiger partial charge in [-0.3, -0.25) is 4.79 Å². The van der Waals surface area contributed by atoms with Gasteiger partial charge in [0.25, 0.3) is 5.91 Å². The fourth-order valence-corrected chi connectivity index (χ4v) is 4.12. The summed E-state index contributed by atoms with van der Waals surface area (Å²) in [6.07, 6.45) is 2.50. The minimum absolute atomic E-state index is 0.0349. The Kier molecular flexibility index (Phi) is 10.6. The molecule has 0 saturated heterocycles.